The highest BCUT2D eigenvalue weighted by molar-refractivity contribution is 7.99. The summed E-state index contributed by atoms with van der Waals surface area (Å²) < 4.78 is 2.01. The highest BCUT2D eigenvalue weighted by Gasteiger charge is 2.26. The number of hydrogen-bond acceptors (Lipinski definition) is 4. The van der Waals surface area contributed by atoms with Gasteiger partial charge in [0.05, 0.1) is 11.4 Å². The van der Waals surface area contributed by atoms with E-state index in [0.717, 1.165) is 22.4 Å². The van der Waals surface area contributed by atoms with Crippen LogP contribution < -0.4 is 11.1 Å². The van der Waals surface area contributed by atoms with Gasteiger partial charge in [-0.3, -0.25) is 0 Å². The van der Waals surface area contributed by atoms with Crippen molar-refractivity contribution < 1.29 is 0 Å². The van der Waals surface area contributed by atoms with E-state index < -0.39 is 0 Å². The van der Waals surface area contributed by atoms with E-state index in [1.54, 1.807) is 0 Å². The van der Waals surface area contributed by atoms with Crippen LogP contribution in [0.25, 0.3) is 0 Å². The highest BCUT2D eigenvalue weighted by atomic mass is 32.2. The summed E-state index contributed by atoms with van der Waals surface area (Å²) in [6, 6.07) is 0.875. The zero-order valence-electron chi connectivity index (χ0n) is 11.7. The lowest BCUT2D eigenvalue weighted by Gasteiger charge is -2.18. The summed E-state index contributed by atoms with van der Waals surface area (Å²) in [6.07, 6.45) is 5.95. The number of aromatic nitrogens is 2. The molecule has 3 N–H and O–H groups in total. The molecule has 0 aromatic carbocycles. The average Bonchev–Trinajstić information content (AvgIpc) is 2.89. The summed E-state index contributed by atoms with van der Waals surface area (Å²) in [7, 11) is 0. The van der Waals surface area contributed by atoms with Gasteiger partial charge in [-0.15, -0.1) is 0 Å². The highest BCUT2D eigenvalue weighted by Crippen LogP contribution is 2.33. The molecule has 1 aromatic rings. The molecule has 0 spiro atoms. The van der Waals surface area contributed by atoms with Gasteiger partial charge in [0.2, 0.25) is 0 Å². The average molecular weight is 268 g/mol. The standard InChI is InChI=1S/C13H24N4S/c1-8(2)17-13(12(14)9(3)16-17)15-10-5-6-11(7-10)18-4/h8,10-11,15H,5-7,14H2,1-4H3. The topological polar surface area (TPSA) is 55.9 Å². The smallest absolute Gasteiger partial charge is 0.148 e. The Morgan fingerprint density at radius 3 is 2.72 bits per heavy atom. The van der Waals surface area contributed by atoms with E-state index >= 15 is 0 Å². The van der Waals surface area contributed by atoms with Gasteiger partial charge in [0.25, 0.3) is 0 Å². The lowest BCUT2D eigenvalue weighted by atomic mass is 10.2. The summed E-state index contributed by atoms with van der Waals surface area (Å²) in [5, 5.41) is 8.91. The zero-order chi connectivity index (χ0) is 13.3. The number of nitrogens with one attached hydrogen (secondary N) is 1. The van der Waals surface area contributed by atoms with E-state index in [4.69, 9.17) is 5.73 Å². The molecule has 1 aliphatic rings. The summed E-state index contributed by atoms with van der Waals surface area (Å²) in [5.74, 6) is 1.01. The number of nitrogens with zero attached hydrogens (tertiary/aromatic N) is 2. The van der Waals surface area contributed by atoms with E-state index in [1.807, 2.05) is 23.4 Å². The van der Waals surface area contributed by atoms with Crippen molar-refractivity contribution in [1.82, 2.24) is 9.78 Å². The molecule has 0 bridgehead atoms. The summed E-state index contributed by atoms with van der Waals surface area (Å²) in [6.45, 7) is 6.24. The first-order valence-corrected chi connectivity index (χ1v) is 7.95. The minimum absolute atomic E-state index is 0.334. The third-order valence-electron chi connectivity index (χ3n) is 3.68. The van der Waals surface area contributed by atoms with Gasteiger partial charge in [-0.2, -0.15) is 16.9 Å². The molecule has 18 heavy (non-hydrogen) atoms. The Kier molecular flexibility index (Phi) is 4.10. The van der Waals surface area contributed by atoms with E-state index in [1.165, 1.54) is 19.3 Å². The fraction of sp³-hybridized carbons (Fsp3) is 0.769. The lowest BCUT2D eigenvalue weighted by molar-refractivity contribution is 0.530. The van der Waals surface area contributed by atoms with Gasteiger partial charge in [-0.05, 0) is 46.3 Å². The molecule has 2 atom stereocenters. The predicted molar refractivity (Wildman–Crippen MR) is 80.3 cm³/mol. The molecule has 0 radical (unpaired) electrons. The third-order valence-corrected chi connectivity index (χ3v) is 4.77. The number of hydrogen-bond donors (Lipinski definition) is 2. The molecule has 1 fully saturated rings. The molecule has 102 valence electrons. The van der Waals surface area contributed by atoms with Crippen LogP contribution in [0.5, 0.6) is 0 Å². The fourth-order valence-corrected chi connectivity index (χ4v) is 3.35. The second-order valence-corrected chi connectivity index (χ2v) is 6.54. The van der Waals surface area contributed by atoms with Crippen LogP contribution in [0.3, 0.4) is 0 Å². The second kappa shape index (κ2) is 5.43. The first kappa shape index (κ1) is 13.6. The van der Waals surface area contributed by atoms with Gasteiger partial charge in [0, 0.05) is 17.3 Å². The Hall–Kier alpha value is -0.840. The third kappa shape index (κ3) is 2.60. The SMILES string of the molecule is CSC1CCC(Nc2c(N)c(C)nn2C(C)C)C1. The lowest BCUT2D eigenvalue weighted by Crippen LogP contribution is -2.20. The van der Waals surface area contributed by atoms with Crippen LogP contribution in [0.1, 0.15) is 44.8 Å². The second-order valence-electron chi connectivity index (χ2n) is 5.40. The van der Waals surface area contributed by atoms with E-state index in [0.29, 0.717) is 12.1 Å². The maximum absolute atomic E-state index is 6.14. The van der Waals surface area contributed by atoms with Crippen LogP contribution in [0.2, 0.25) is 0 Å². The van der Waals surface area contributed by atoms with Crippen LogP contribution >= 0.6 is 11.8 Å². The molecular weight excluding hydrogens is 244 g/mol. The predicted octanol–water partition coefficient (Wildman–Crippen LogP) is 3.05. The fourth-order valence-electron chi connectivity index (χ4n) is 2.56. The Morgan fingerprint density at radius 1 is 1.44 bits per heavy atom. The van der Waals surface area contributed by atoms with Crippen molar-refractivity contribution in [2.24, 2.45) is 0 Å². The van der Waals surface area contributed by atoms with Gasteiger partial charge < -0.3 is 11.1 Å². The van der Waals surface area contributed by atoms with Crippen LogP contribution in [0.15, 0.2) is 0 Å². The van der Waals surface area contributed by atoms with Gasteiger partial charge in [0.15, 0.2) is 0 Å². The van der Waals surface area contributed by atoms with Crippen molar-refractivity contribution in [3.63, 3.8) is 0 Å². The number of nitrogen functional groups attached to an aromatic ring is 1. The number of anilines is 2. The molecule has 0 saturated heterocycles. The Labute approximate surface area is 114 Å². The van der Waals surface area contributed by atoms with Crippen LogP contribution in [0.4, 0.5) is 11.5 Å². The van der Waals surface area contributed by atoms with E-state index in [9.17, 15) is 0 Å². The summed E-state index contributed by atoms with van der Waals surface area (Å²) in [5.41, 5.74) is 7.86. The Balaban J connectivity index is 2.14. The van der Waals surface area contributed by atoms with Crippen molar-refractivity contribution in [2.45, 2.75) is 57.4 Å². The van der Waals surface area contributed by atoms with Crippen LogP contribution in [-0.4, -0.2) is 27.3 Å². The number of nitrogens with two attached hydrogens (primary N) is 1. The van der Waals surface area contributed by atoms with Crippen LogP contribution in [-0.2, 0) is 0 Å². The quantitative estimate of drug-likeness (QED) is 0.881. The van der Waals surface area contributed by atoms with Crippen molar-refractivity contribution in [1.29, 1.82) is 0 Å². The Bertz CT molecular complexity index is 413. The molecule has 1 aliphatic carbocycles. The molecule has 5 heteroatoms. The molecule has 1 heterocycles. The minimum atomic E-state index is 0.334. The molecule has 2 rings (SSSR count). The molecule has 2 unspecified atom stereocenters. The van der Waals surface area contributed by atoms with Crippen molar-refractivity contribution in [2.75, 3.05) is 17.3 Å². The molecule has 0 amide bonds. The van der Waals surface area contributed by atoms with Crippen molar-refractivity contribution in [3.8, 4) is 0 Å². The zero-order valence-corrected chi connectivity index (χ0v) is 12.5. The molecule has 1 aromatic heterocycles. The normalized spacial score (nSPS) is 23.8. The largest absolute Gasteiger partial charge is 0.394 e. The Morgan fingerprint density at radius 2 is 2.17 bits per heavy atom. The van der Waals surface area contributed by atoms with Gasteiger partial charge in [-0.25, -0.2) is 4.68 Å². The molecule has 4 nitrogen and oxygen atoms in total. The maximum Gasteiger partial charge on any atom is 0.148 e. The first-order valence-electron chi connectivity index (χ1n) is 6.66. The van der Waals surface area contributed by atoms with Crippen molar-refractivity contribution in [3.05, 3.63) is 5.69 Å². The van der Waals surface area contributed by atoms with Gasteiger partial charge in [-0.1, -0.05) is 0 Å². The number of thioether (sulfide) groups is 1. The van der Waals surface area contributed by atoms with E-state index in [2.05, 4.69) is 30.5 Å². The number of aryl methyl sites for hydroxylation is 1. The van der Waals surface area contributed by atoms with Crippen LogP contribution in [0, 0.1) is 6.92 Å². The summed E-state index contributed by atoms with van der Waals surface area (Å²) in [4.78, 5) is 0. The molecular formula is C13H24N4S. The summed E-state index contributed by atoms with van der Waals surface area (Å²) >= 11 is 1.97. The van der Waals surface area contributed by atoms with Gasteiger partial charge in [0.1, 0.15) is 5.82 Å². The molecule has 0 aliphatic heterocycles. The number of rotatable bonds is 4. The first-order chi connectivity index (χ1) is 8.52. The van der Waals surface area contributed by atoms with Gasteiger partial charge >= 0.3 is 0 Å². The monoisotopic (exact) mass is 268 g/mol. The minimum Gasteiger partial charge on any atom is -0.394 e. The van der Waals surface area contributed by atoms with Crippen molar-refractivity contribution >= 4 is 23.3 Å². The molecule has 1 saturated carbocycles. The van der Waals surface area contributed by atoms with E-state index in [-0.39, 0.29) is 0 Å². The maximum atomic E-state index is 6.14.